The molecule has 5 nitrogen and oxygen atoms in total. The summed E-state index contributed by atoms with van der Waals surface area (Å²) in [5.41, 5.74) is 5.30. The van der Waals surface area contributed by atoms with Crippen molar-refractivity contribution in [3.63, 3.8) is 0 Å². The van der Waals surface area contributed by atoms with Gasteiger partial charge in [-0.05, 0) is 6.07 Å². The number of rotatable bonds is 1. The van der Waals surface area contributed by atoms with Crippen molar-refractivity contribution in [3.8, 4) is 5.88 Å². The van der Waals surface area contributed by atoms with E-state index in [-0.39, 0.29) is 5.95 Å². The highest BCUT2D eigenvalue weighted by molar-refractivity contribution is 5.19. The van der Waals surface area contributed by atoms with Crippen LogP contribution in [-0.2, 0) is 0 Å². The minimum absolute atomic E-state index is 0.237. The molecular formula is C6H6N4O. The molecule has 0 aliphatic carbocycles. The largest absolute Gasteiger partial charge is 0.447 e. The van der Waals surface area contributed by atoms with Crippen LogP contribution in [0.5, 0.6) is 0 Å². The molecule has 0 radical (unpaired) electrons. The highest BCUT2D eigenvalue weighted by atomic mass is 16.3. The lowest BCUT2D eigenvalue weighted by Gasteiger charge is -1.89. The molecule has 56 valence electrons. The van der Waals surface area contributed by atoms with Gasteiger partial charge in [-0.15, -0.1) is 5.10 Å². The molecule has 0 amide bonds. The van der Waals surface area contributed by atoms with Crippen molar-refractivity contribution in [1.82, 2.24) is 14.8 Å². The second kappa shape index (κ2) is 2.12. The zero-order chi connectivity index (χ0) is 7.68. The average Bonchev–Trinajstić information content (AvgIpc) is 2.55. The molecule has 0 spiro atoms. The van der Waals surface area contributed by atoms with Gasteiger partial charge in [-0.3, -0.25) is 0 Å². The number of furan rings is 1. The number of nitrogens with zero attached hydrogens (tertiary/aromatic N) is 3. The minimum Gasteiger partial charge on any atom is -0.447 e. The molecule has 2 heterocycles. The Morgan fingerprint density at radius 2 is 2.45 bits per heavy atom. The number of hydrogen-bond donors (Lipinski definition) is 1. The second-order valence-corrected chi connectivity index (χ2v) is 2.00. The van der Waals surface area contributed by atoms with Crippen molar-refractivity contribution < 1.29 is 4.42 Å². The first-order chi connectivity index (χ1) is 5.36. The molecule has 0 aliphatic rings. The van der Waals surface area contributed by atoms with Gasteiger partial charge in [0.15, 0.2) is 0 Å². The van der Waals surface area contributed by atoms with E-state index in [1.165, 1.54) is 11.0 Å². The van der Waals surface area contributed by atoms with E-state index in [1.54, 1.807) is 18.4 Å². The summed E-state index contributed by atoms with van der Waals surface area (Å²) in [5, 5.41) is 3.84. The Labute approximate surface area is 62.4 Å². The van der Waals surface area contributed by atoms with Crippen LogP contribution in [0.3, 0.4) is 0 Å². The van der Waals surface area contributed by atoms with Crippen molar-refractivity contribution in [3.05, 3.63) is 24.7 Å². The molecule has 2 rings (SSSR count). The van der Waals surface area contributed by atoms with E-state index in [0.29, 0.717) is 5.88 Å². The zero-order valence-electron chi connectivity index (χ0n) is 5.64. The average molecular weight is 150 g/mol. The summed E-state index contributed by atoms with van der Waals surface area (Å²) in [6, 6.07) is 3.54. The lowest BCUT2D eigenvalue weighted by Crippen LogP contribution is -1.93. The second-order valence-electron chi connectivity index (χ2n) is 2.00. The standard InChI is InChI=1S/C6H6N4O/c7-6-8-4-10(9-6)5-2-1-3-11-5/h1-4H,(H2,7,9). The van der Waals surface area contributed by atoms with Crippen molar-refractivity contribution in [1.29, 1.82) is 0 Å². The lowest BCUT2D eigenvalue weighted by atomic mass is 10.6. The van der Waals surface area contributed by atoms with Gasteiger partial charge in [0.25, 0.3) is 0 Å². The monoisotopic (exact) mass is 150 g/mol. The van der Waals surface area contributed by atoms with Gasteiger partial charge < -0.3 is 10.2 Å². The third kappa shape index (κ3) is 0.958. The van der Waals surface area contributed by atoms with Crippen LogP contribution in [0.4, 0.5) is 5.95 Å². The molecule has 2 aromatic heterocycles. The molecule has 11 heavy (non-hydrogen) atoms. The summed E-state index contributed by atoms with van der Waals surface area (Å²) in [6.07, 6.45) is 3.06. The molecule has 0 aromatic carbocycles. The Bertz CT molecular complexity index is 337. The lowest BCUT2D eigenvalue weighted by molar-refractivity contribution is 0.522. The topological polar surface area (TPSA) is 69.9 Å². The molecule has 0 saturated heterocycles. The SMILES string of the molecule is Nc1ncn(-c2ccco2)n1. The van der Waals surface area contributed by atoms with Gasteiger partial charge in [0.1, 0.15) is 6.33 Å². The maximum atomic E-state index is 5.30. The van der Waals surface area contributed by atoms with E-state index >= 15 is 0 Å². The maximum Gasteiger partial charge on any atom is 0.239 e. The summed E-state index contributed by atoms with van der Waals surface area (Å²) in [5.74, 6) is 0.843. The van der Waals surface area contributed by atoms with E-state index in [0.717, 1.165) is 0 Å². The van der Waals surface area contributed by atoms with Gasteiger partial charge in [-0.25, -0.2) is 4.98 Å². The first-order valence-corrected chi connectivity index (χ1v) is 3.07. The van der Waals surface area contributed by atoms with Crippen LogP contribution < -0.4 is 5.73 Å². The smallest absolute Gasteiger partial charge is 0.239 e. The molecule has 2 aromatic rings. The molecule has 0 bridgehead atoms. The first-order valence-electron chi connectivity index (χ1n) is 3.07. The molecule has 0 saturated carbocycles. The number of nitrogens with two attached hydrogens (primary N) is 1. The van der Waals surface area contributed by atoms with Gasteiger partial charge in [-0.2, -0.15) is 4.68 Å². The van der Waals surface area contributed by atoms with Crippen molar-refractivity contribution >= 4 is 5.95 Å². The highest BCUT2D eigenvalue weighted by Crippen LogP contribution is 2.05. The predicted molar refractivity (Wildman–Crippen MR) is 38.0 cm³/mol. The highest BCUT2D eigenvalue weighted by Gasteiger charge is 1.99. The number of nitrogen functional groups attached to an aromatic ring is 1. The third-order valence-electron chi connectivity index (χ3n) is 1.24. The summed E-state index contributed by atoms with van der Waals surface area (Å²) < 4.78 is 6.51. The molecule has 0 unspecified atom stereocenters. The summed E-state index contributed by atoms with van der Waals surface area (Å²) >= 11 is 0. The Morgan fingerprint density at radius 3 is 3.00 bits per heavy atom. The molecule has 2 N–H and O–H groups in total. The van der Waals surface area contributed by atoms with E-state index in [2.05, 4.69) is 10.1 Å². The maximum absolute atomic E-state index is 5.30. The molecule has 0 atom stereocenters. The Balaban J connectivity index is 2.45. The Morgan fingerprint density at radius 1 is 1.55 bits per heavy atom. The fraction of sp³-hybridized carbons (Fsp3) is 0. The molecule has 0 aliphatic heterocycles. The van der Waals surface area contributed by atoms with Crippen molar-refractivity contribution in [2.75, 3.05) is 5.73 Å². The first kappa shape index (κ1) is 5.96. The molecule has 0 fully saturated rings. The van der Waals surface area contributed by atoms with Crippen LogP contribution in [0.15, 0.2) is 29.1 Å². The fourth-order valence-electron chi connectivity index (χ4n) is 0.782. The zero-order valence-corrected chi connectivity index (χ0v) is 5.64. The predicted octanol–water partition coefficient (Wildman–Crippen LogP) is 0.443. The van der Waals surface area contributed by atoms with Gasteiger partial charge in [-0.1, -0.05) is 0 Å². The van der Waals surface area contributed by atoms with Gasteiger partial charge in [0.05, 0.1) is 6.26 Å². The van der Waals surface area contributed by atoms with E-state index in [1.807, 2.05) is 0 Å². The van der Waals surface area contributed by atoms with Crippen LogP contribution in [-0.4, -0.2) is 14.8 Å². The summed E-state index contributed by atoms with van der Waals surface area (Å²) in [7, 11) is 0. The normalized spacial score (nSPS) is 10.2. The molecule has 5 heteroatoms. The van der Waals surface area contributed by atoms with Crippen LogP contribution >= 0.6 is 0 Å². The van der Waals surface area contributed by atoms with Crippen LogP contribution in [0, 0.1) is 0 Å². The number of hydrogen-bond acceptors (Lipinski definition) is 4. The number of anilines is 1. The van der Waals surface area contributed by atoms with E-state index < -0.39 is 0 Å². The van der Waals surface area contributed by atoms with Crippen molar-refractivity contribution in [2.45, 2.75) is 0 Å². The minimum atomic E-state index is 0.237. The van der Waals surface area contributed by atoms with Crippen molar-refractivity contribution in [2.24, 2.45) is 0 Å². The van der Waals surface area contributed by atoms with E-state index in [4.69, 9.17) is 10.2 Å². The number of aromatic nitrogens is 3. The van der Waals surface area contributed by atoms with E-state index in [9.17, 15) is 0 Å². The summed E-state index contributed by atoms with van der Waals surface area (Å²) in [6.45, 7) is 0. The van der Waals surface area contributed by atoms with Crippen LogP contribution in [0.25, 0.3) is 5.88 Å². The third-order valence-corrected chi connectivity index (χ3v) is 1.24. The quantitative estimate of drug-likeness (QED) is 0.640. The fourth-order valence-corrected chi connectivity index (χ4v) is 0.782. The molecular weight excluding hydrogens is 144 g/mol. The van der Waals surface area contributed by atoms with Gasteiger partial charge >= 0.3 is 0 Å². The van der Waals surface area contributed by atoms with Gasteiger partial charge in [0, 0.05) is 6.07 Å². The summed E-state index contributed by atoms with van der Waals surface area (Å²) in [4.78, 5) is 3.74. The Hall–Kier alpha value is -1.78. The Kier molecular flexibility index (Phi) is 1.15. The van der Waals surface area contributed by atoms with Crippen LogP contribution in [0.1, 0.15) is 0 Å². The van der Waals surface area contributed by atoms with Gasteiger partial charge in [0.2, 0.25) is 11.8 Å². The van der Waals surface area contributed by atoms with Crippen LogP contribution in [0.2, 0.25) is 0 Å².